The Bertz CT molecular complexity index is 2370. The number of halogens is 2. The number of benzene rings is 4. The number of nitrogens with zero attached hydrogens (tertiary/aromatic N) is 5. The van der Waals surface area contributed by atoms with Crippen LogP contribution in [0.5, 0.6) is 0 Å². The number of rotatable bonds is 6. The summed E-state index contributed by atoms with van der Waals surface area (Å²) >= 11 is 12.3. The zero-order chi connectivity index (χ0) is 38.0. The van der Waals surface area contributed by atoms with Crippen molar-refractivity contribution in [2.45, 2.75) is 36.5 Å². The van der Waals surface area contributed by atoms with Crippen LogP contribution in [0.2, 0.25) is 10.0 Å². The molecule has 8 aromatic rings. The average Bonchev–Trinajstić information content (AvgIpc) is 3.96. The van der Waals surface area contributed by atoms with Crippen molar-refractivity contribution in [3.63, 3.8) is 0 Å². The van der Waals surface area contributed by atoms with Gasteiger partial charge in [-0.25, -0.2) is 24.9 Å². The van der Waals surface area contributed by atoms with Gasteiger partial charge in [-0.2, -0.15) is 0 Å². The van der Waals surface area contributed by atoms with Gasteiger partial charge in [0.05, 0.1) is 17.7 Å². The molecule has 56 heavy (non-hydrogen) atoms. The van der Waals surface area contributed by atoms with E-state index < -0.39 is 0 Å². The second-order valence-corrected chi connectivity index (χ2v) is 15.5. The van der Waals surface area contributed by atoms with Gasteiger partial charge in [0.15, 0.2) is 5.65 Å². The molecule has 4 N–H and O–H groups in total. The number of fused-ring (bicyclic) bond motifs is 2. The Kier molecular flexibility index (Phi) is 10.1. The largest absolute Gasteiger partial charge is 0.346 e. The van der Waals surface area contributed by atoms with Crippen LogP contribution in [0.15, 0.2) is 128 Å². The van der Waals surface area contributed by atoms with Gasteiger partial charge in [0.2, 0.25) is 0 Å². The summed E-state index contributed by atoms with van der Waals surface area (Å²) in [5.41, 5.74) is 11.8. The van der Waals surface area contributed by atoms with Crippen molar-refractivity contribution in [3.05, 3.63) is 161 Å². The molecule has 0 atom stereocenters. The van der Waals surface area contributed by atoms with Crippen molar-refractivity contribution in [1.29, 1.82) is 0 Å². The van der Waals surface area contributed by atoms with Crippen LogP contribution >= 0.6 is 23.2 Å². The molecule has 0 radical (unpaired) electrons. The van der Waals surface area contributed by atoms with Gasteiger partial charge >= 0.3 is 0 Å². The molecule has 2 aliphatic heterocycles. The molecule has 0 aliphatic carbocycles. The number of imidazole rings is 1. The highest BCUT2D eigenvalue weighted by atomic mass is 35.5. The molecule has 6 heterocycles. The molecule has 0 spiro atoms. The van der Waals surface area contributed by atoms with E-state index in [1.54, 1.807) is 19.0 Å². The second kappa shape index (κ2) is 15.6. The smallest absolute Gasteiger partial charge is 0.181 e. The predicted molar refractivity (Wildman–Crippen MR) is 225 cm³/mol. The number of aromatic amines is 2. The highest BCUT2D eigenvalue weighted by Crippen LogP contribution is 2.43. The first kappa shape index (κ1) is 36.2. The van der Waals surface area contributed by atoms with Crippen LogP contribution in [0.3, 0.4) is 0 Å². The fraction of sp³-hybridized carbons (Fsp3) is 0.222. The quantitative estimate of drug-likeness (QED) is 0.133. The molecule has 0 amide bonds. The van der Waals surface area contributed by atoms with Crippen molar-refractivity contribution in [1.82, 2.24) is 45.5 Å². The molecule has 0 unspecified atom stereocenters. The van der Waals surface area contributed by atoms with Gasteiger partial charge in [-0.15, -0.1) is 0 Å². The molecule has 10 rings (SSSR count). The topological polar surface area (TPSA) is 120 Å². The number of hydrogen-bond acceptors (Lipinski definition) is 7. The Labute approximate surface area is 335 Å². The molecule has 4 aromatic heterocycles. The highest BCUT2D eigenvalue weighted by molar-refractivity contribution is 6.30. The molecular weight excluding hydrogens is 737 g/mol. The zero-order valence-electron chi connectivity index (χ0n) is 30.8. The maximum absolute atomic E-state index is 6.14. The Morgan fingerprint density at radius 3 is 1.46 bits per heavy atom. The average molecular weight is 779 g/mol. The van der Waals surface area contributed by atoms with E-state index in [2.05, 4.69) is 118 Å². The van der Waals surface area contributed by atoms with E-state index in [1.165, 1.54) is 22.3 Å². The summed E-state index contributed by atoms with van der Waals surface area (Å²) in [5, 5.41) is 9.59. The van der Waals surface area contributed by atoms with Crippen LogP contribution < -0.4 is 10.6 Å². The molecule has 2 saturated heterocycles. The molecule has 0 saturated carbocycles. The number of nitrogens with one attached hydrogen (secondary N) is 4. The van der Waals surface area contributed by atoms with Crippen molar-refractivity contribution in [2.75, 3.05) is 26.2 Å². The van der Waals surface area contributed by atoms with E-state index in [0.717, 1.165) is 101 Å². The Hall–Kier alpha value is -5.45. The predicted octanol–water partition coefficient (Wildman–Crippen LogP) is 9.29. The third-order valence-corrected chi connectivity index (χ3v) is 12.2. The summed E-state index contributed by atoms with van der Waals surface area (Å²) in [4.78, 5) is 28.0. The molecule has 11 heteroatoms. The first-order valence-corrected chi connectivity index (χ1v) is 19.9. The van der Waals surface area contributed by atoms with Crippen LogP contribution in [0.1, 0.15) is 47.9 Å². The minimum absolute atomic E-state index is 0.00332. The van der Waals surface area contributed by atoms with Gasteiger partial charge in [-0.05, 0) is 104 Å². The summed E-state index contributed by atoms with van der Waals surface area (Å²) in [6.45, 7) is 4.04. The minimum atomic E-state index is 0.00332. The van der Waals surface area contributed by atoms with Gasteiger partial charge < -0.3 is 20.6 Å². The molecule has 0 bridgehead atoms. The normalized spacial score (nSPS) is 16.3. The number of H-pyrrole nitrogens is 2. The lowest BCUT2D eigenvalue weighted by atomic mass is 9.68. The Morgan fingerprint density at radius 1 is 0.464 bits per heavy atom. The van der Waals surface area contributed by atoms with E-state index in [1.807, 2.05) is 36.5 Å². The van der Waals surface area contributed by atoms with Crippen molar-refractivity contribution >= 4 is 45.4 Å². The first-order valence-electron chi connectivity index (χ1n) is 19.1. The molecule has 2 aliphatic rings. The van der Waals surface area contributed by atoms with E-state index in [0.29, 0.717) is 5.65 Å². The third-order valence-electron chi connectivity index (χ3n) is 11.7. The first-order chi connectivity index (χ1) is 27.5. The minimum Gasteiger partial charge on any atom is -0.346 e. The Morgan fingerprint density at radius 2 is 0.929 bits per heavy atom. The van der Waals surface area contributed by atoms with Crippen LogP contribution in [-0.4, -0.2) is 61.1 Å². The van der Waals surface area contributed by atoms with Gasteiger partial charge in [0.25, 0.3) is 0 Å². The number of piperidine rings is 2. The monoisotopic (exact) mass is 777 g/mol. The lowest BCUT2D eigenvalue weighted by molar-refractivity contribution is 0.362. The van der Waals surface area contributed by atoms with Gasteiger partial charge in [-0.1, -0.05) is 96.0 Å². The summed E-state index contributed by atoms with van der Waals surface area (Å²) in [5.74, 6) is 0. The lowest BCUT2D eigenvalue weighted by Gasteiger charge is -2.39. The number of aromatic nitrogens is 7. The molecule has 9 nitrogen and oxygen atoms in total. The highest BCUT2D eigenvalue weighted by Gasteiger charge is 2.37. The molecule has 4 aromatic carbocycles. The molecular formula is C45H41Cl2N9. The van der Waals surface area contributed by atoms with Crippen LogP contribution in [0, 0.1) is 0 Å². The third kappa shape index (κ3) is 6.85. The summed E-state index contributed by atoms with van der Waals surface area (Å²) in [7, 11) is 0. The SMILES string of the molecule is Clc1ccc(C2(c3ccc(-c4ncnc5[nH]ccc45)cc3)CCNCC2)cc1.Clc1ccc(C2(c3ccc(-c4ncnc5nc[nH]c45)cc3)CCNCC2)cc1. The van der Waals surface area contributed by atoms with Gasteiger partial charge in [0.1, 0.15) is 23.8 Å². The van der Waals surface area contributed by atoms with Gasteiger partial charge in [-0.3, -0.25) is 0 Å². The van der Waals surface area contributed by atoms with E-state index in [9.17, 15) is 0 Å². The van der Waals surface area contributed by atoms with Gasteiger partial charge in [0, 0.05) is 43.6 Å². The van der Waals surface area contributed by atoms with Crippen molar-refractivity contribution in [2.24, 2.45) is 0 Å². The maximum Gasteiger partial charge on any atom is 0.181 e. The van der Waals surface area contributed by atoms with E-state index >= 15 is 0 Å². The van der Waals surface area contributed by atoms with Crippen molar-refractivity contribution < 1.29 is 0 Å². The molecule has 2 fully saturated rings. The van der Waals surface area contributed by atoms with E-state index in [4.69, 9.17) is 23.2 Å². The summed E-state index contributed by atoms with van der Waals surface area (Å²) in [6.07, 6.45) is 11.0. The van der Waals surface area contributed by atoms with Crippen LogP contribution in [-0.2, 0) is 10.8 Å². The summed E-state index contributed by atoms with van der Waals surface area (Å²) in [6, 6.07) is 36.4. The van der Waals surface area contributed by atoms with Crippen LogP contribution in [0.25, 0.3) is 44.7 Å². The fourth-order valence-electron chi connectivity index (χ4n) is 8.71. The standard InChI is InChI=1S/C23H21ClN4.C22H20ClN5/c24-19-7-5-18(6-8-19)23(10-13-25-14-11-23)17-3-1-16(2-4-17)21-20-9-12-26-22(20)28-15-27-21;23-18-7-5-17(6-8-18)22(9-11-24-12-10-22)16-3-1-15(2-4-16)19-20-21(27-13-25-19)28-14-26-20/h1-9,12,15,25H,10-11,13-14H2,(H,26,27,28);1-8,13-14,24H,9-12H2,(H,25,26,27,28). The summed E-state index contributed by atoms with van der Waals surface area (Å²) < 4.78 is 0. The Balaban J connectivity index is 0.000000146. The van der Waals surface area contributed by atoms with Crippen molar-refractivity contribution in [3.8, 4) is 22.5 Å². The second-order valence-electron chi connectivity index (χ2n) is 14.6. The molecule has 280 valence electrons. The lowest BCUT2D eigenvalue weighted by Crippen LogP contribution is -2.40. The maximum atomic E-state index is 6.14. The number of hydrogen-bond donors (Lipinski definition) is 4. The van der Waals surface area contributed by atoms with Crippen LogP contribution in [0.4, 0.5) is 0 Å². The van der Waals surface area contributed by atoms with E-state index in [-0.39, 0.29) is 10.8 Å². The zero-order valence-corrected chi connectivity index (χ0v) is 32.3. The fourth-order valence-corrected chi connectivity index (χ4v) is 8.97.